The Hall–Kier alpha value is -2.24. The van der Waals surface area contributed by atoms with Crippen molar-refractivity contribution in [2.45, 2.75) is 18.8 Å². The molecule has 0 spiro atoms. The highest BCUT2D eigenvalue weighted by Gasteiger charge is 2.35. The minimum atomic E-state index is -1.11. The molecule has 0 saturated carbocycles. The van der Waals surface area contributed by atoms with Gasteiger partial charge >= 0.3 is 0 Å². The van der Waals surface area contributed by atoms with Gasteiger partial charge in [0.25, 0.3) is 5.91 Å². The molecule has 4 nitrogen and oxygen atoms in total. The van der Waals surface area contributed by atoms with Crippen LogP contribution in [0.2, 0.25) is 0 Å². The number of halogens is 1. The molecule has 120 valence electrons. The number of aliphatic hydroxyl groups is 1. The molecule has 1 amide bonds. The van der Waals surface area contributed by atoms with Crippen molar-refractivity contribution in [2.24, 2.45) is 0 Å². The average molecular weight is 315 g/mol. The van der Waals surface area contributed by atoms with Gasteiger partial charge in [-0.25, -0.2) is 4.39 Å². The summed E-state index contributed by atoms with van der Waals surface area (Å²) in [6.07, 6.45) is -2.07. The molecule has 2 unspecified atom stereocenters. The van der Waals surface area contributed by atoms with Crippen LogP contribution in [0.25, 0.3) is 0 Å². The summed E-state index contributed by atoms with van der Waals surface area (Å²) in [7, 11) is 0. The van der Waals surface area contributed by atoms with Gasteiger partial charge in [-0.3, -0.25) is 4.79 Å². The molecule has 2 aromatic rings. The molecule has 23 heavy (non-hydrogen) atoms. The number of rotatable bonds is 4. The van der Waals surface area contributed by atoms with Gasteiger partial charge in [-0.05, 0) is 23.3 Å². The number of amides is 1. The lowest BCUT2D eigenvalue weighted by atomic mass is 10.0. The van der Waals surface area contributed by atoms with Crippen molar-refractivity contribution in [2.75, 3.05) is 13.2 Å². The van der Waals surface area contributed by atoms with Crippen LogP contribution in [0.3, 0.4) is 0 Å². The first kappa shape index (κ1) is 15.6. The maximum Gasteiger partial charge on any atom is 0.255 e. The van der Waals surface area contributed by atoms with Crippen molar-refractivity contribution in [1.29, 1.82) is 0 Å². The van der Waals surface area contributed by atoms with Gasteiger partial charge in [-0.1, -0.05) is 42.5 Å². The van der Waals surface area contributed by atoms with Crippen LogP contribution in [-0.2, 0) is 16.1 Å². The molecule has 0 radical (unpaired) electrons. The summed E-state index contributed by atoms with van der Waals surface area (Å²) in [5.74, 6) is -0.639. The first-order chi connectivity index (χ1) is 11.1. The second-order valence-electron chi connectivity index (χ2n) is 5.53. The van der Waals surface area contributed by atoms with Crippen LogP contribution in [-0.4, -0.2) is 35.2 Å². The number of hydrogen-bond donors (Lipinski definition) is 1. The van der Waals surface area contributed by atoms with Gasteiger partial charge in [-0.2, -0.15) is 0 Å². The molecule has 0 aromatic heterocycles. The summed E-state index contributed by atoms with van der Waals surface area (Å²) in [5, 5.41) is 10.4. The minimum absolute atomic E-state index is 0.253. The summed E-state index contributed by atoms with van der Waals surface area (Å²) < 4.78 is 18.5. The Morgan fingerprint density at radius 1 is 1.17 bits per heavy atom. The van der Waals surface area contributed by atoms with Gasteiger partial charge in [0.05, 0.1) is 6.61 Å². The van der Waals surface area contributed by atoms with E-state index >= 15 is 0 Å². The number of carbonyl (C=O) groups is 1. The normalized spacial score (nSPS) is 19.7. The molecule has 0 bridgehead atoms. The van der Waals surface area contributed by atoms with Crippen molar-refractivity contribution < 1.29 is 19.0 Å². The molecule has 0 aliphatic carbocycles. The maximum atomic E-state index is 13.0. The Morgan fingerprint density at radius 2 is 1.87 bits per heavy atom. The van der Waals surface area contributed by atoms with Crippen LogP contribution in [0.5, 0.6) is 0 Å². The summed E-state index contributed by atoms with van der Waals surface area (Å²) in [6, 6.07) is 15.1. The second kappa shape index (κ2) is 6.89. The summed E-state index contributed by atoms with van der Waals surface area (Å²) in [5.41, 5.74) is 1.49. The third-order valence-corrected chi connectivity index (χ3v) is 3.93. The Bertz CT molecular complexity index is 660. The number of morpholine rings is 1. The van der Waals surface area contributed by atoms with Crippen molar-refractivity contribution in [3.05, 3.63) is 71.5 Å². The van der Waals surface area contributed by atoms with Crippen molar-refractivity contribution in [3.63, 3.8) is 0 Å². The van der Waals surface area contributed by atoms with Crippen LogP contribution in [0.4, 0.5) is 4.39 Å². The number of carbonyl (C=O) groups excluding carboxylic acids is 1. The Morgan fingerprint density at radius 3 is 2.57 bits per heavy atom. The summed E-state index contributed by atoms with van der Waals surface area (Å²) >= 11 is 0. The van der Waals surface area contributed by atoms with Gasteiger partial charge in [-0.15, -0.1) is 0 Å². The molecular formula is C18H18FNO3. The van der Waals surface area contributed by atoms with Crippen LogP contribution in [0.1, 0.15) is 17.2 Å². The molecule has 1 aliphatic rings. The van der Waals surface area contributed by atoms with Gasteiger partial charge in [0, 0.05) is 13.1 Å². The number of aliphatic hydroxyl groups excluding tert-OH is 1. The predicted octanol–water partition coefficient (Wildman–Crippen LogP) is 2.29. The number of ether oxygens (including phenoxy) is 1. The van der Waals surface area contributed by atoms with Crippen LogP contribution in [0.15, 0.2) is 54.6 Å². The Labute approximate surface area is 134 Å². The number of benzene rings is 2. The third kappa shape index (κ3) is 3.57. The van der Waals surface area contributed by atoms with E-state index in [0.29, 0.717) is 25.3 Å². The van der Waals surface area contributed by atoms with Gasteiger partial charge in [0.15, 0.2) is 6.10 Å². The highest BCUT2D eigenvalue weighted by molar-refractivity contribution is 5.82. The van der Waals surface area contributed by atoms with Crippen LogP contribution in [0, 0.1) is 5.82 Å². The Balaban J connectivity index is 1.72. The van der Waals surface area contributed by atoms with Crippen molar-refractivity contribution in [1.82, 2.24) is 4.90 Å². The monoisotopic (exact) mass is 315 g/mol. The smallest absolute Gasteiger partial charge is 0.255 e. The van der Waals surface area contributed by atoms with Gasteiger partial charge in [0.1, 0.15) is 11.9 Å². The lowest BCUT2D eigenvalue weighted by Crippen LogP contribution is -2.49. The highest BCUT2D eigenvalue weighted by Crippen LogP contribution is 2.24. The Kier molecular flexibility index (Phi) is 4.69. The SMILES string of the molecule is O=C1C(C(O)c2ccc(F)cc2)OCCN1Cc1ccccc1. The zero-order chi connectivity index (χ0) is 16.2. The van der Waals surface area contributed by atoms with Gasteiger partial charge in [0.2, 0.25) is 0 Å². The number of hydrogen-bond acceptors (Lipinski definition) is 3. The molecule has 1 heterocycles. The molecule has 1 fully saturated rings. The molecule has 1 aliphatic heterocycles. The number of nitrogens with zero attached hydrogens (tertiary/aromatic N) is 1. The maximum absolute atomic E-state index is 13.0. The predicted molar refractivity (Wildman–Crippen MR) is 83.0 cm³/mol. The zero-order valence-corrected chi connectivity index (χ0v) is 12.6. The van der Waals surface area contributed by atoms with E-state index in [1.807, 2.05) is 30.3 Å². The van der Waals surface area contributed by atoms with E-state index in [-0.39, 0.29) is 11.7 Å². The molecule has 1 saturated heterocycles. The summed E-state index contributed by atoms with van der Waals surface area (Å²) in [6.45, 7) is 1.33. The van der Waals surface area contributed by atoms with E-state index in [1.54, 1.807) is 4.90 Å². The fraction of sp³-hybridized carbons (Fsp3) is 0.278. The molecule has 1 N–H and O–H groups in total. The van der Waals surface area contributed by atoms with E-state index < -0.39 is 12.2 Å². The highest BCUT2D eigenvalue weighted by atomic mass is 19.1. The van der Waals surface area contributed by atoms with E-state index in [1.165, 1.54) is 24.3 Å². The molecule has 2 atom stereocenters. The third-order valence-electron chi connectivity index (χ3n) is 3.93. The molecular weight excluding hydrogens is 297 g/mol. The van der Waals surface area contributed by atoms with E-state index in [4.69, 9.17) is 4.74 Å². The summed E-state index contributed by atoms with van der Waals surface area (Å²) in [4.78, 5) is 14.3. The van der Waals surface area contributed by atoms with Crippen LogP contribution < -0.4 is 0 Å². The first-order valence-corrected chi connectivity index (χ1v) is 7.53. The molecule has 3 rings (SSSR count). The zero-order valence-electron chi connectivity index (χ0n) is 12.6. The topological polar surface area (TPSA) is 49.8 Å². The van der Waals surface area contributed by atoms with Crippen LogP contribution >= 0.6 is 0 Å². The standard InChI is InChI=1S/C18H18FNO3/c19-15-8-6-14(7-9-15)16(21)17-18(22)20(10-11-23-17)12-13-4-2-1-3-5-13/h1-9,16-17,21H,10-12H2. The quantitative estimate of drug-likeness (QED) is 0.942. The van der Waals surface area contributed by atoms with Crippen molar-refractivity contribution >= 4 is 5.91 Å². The van der Waals surface area contributed by atoms with E-state index in [0.717, 1.165) is 5.56 Å². The lowest BCUT2D eigenvalue weighted by Gasteiger charge is -2.34. The van der Waals surface area contributed by atoms with Crippen molar-refractivity contribution in [3.8, 4) is 0 Å². The second-order valence-corrected chi connectivity index (χ2v) is 5.53. The molecule has 5 heteroatoms. The van der Waals surface area contributed by atoms with E-state index in [9.17, 15) is 14.3 Å². The molecule has 2 aromatic carbocycles. The van der Waals surface area contributed by atoms with Gasteiger partial charge < -0.3 is 14.7 Å². The van der Waals surface area contributed by atoms with E-state index in [2.05, 4.69) is 0 Å². The fourth-order valence-corrected chi connectivity index (χ4v) is 2.67. The fourth-order valence-electron chi connectivity index (χ4n) is 2.67. The minimum Gasteiger partial charge on any atom is -0.385 e. The largest absolute Gasteiger partial charge is 0.385 e. The lowest BCUT2D eigenvalue weighted by molar-refractivity contribution is -0.164. The average Bonchev–Trinajstić information content (AvgIpc) is 2.58. The first-order valence-electron chi connectivity index (χ1n) is 7.53.